The van der Waals surface area contributed by atoms with Crippen molar-refractivity contribution in [3.05, 3.63) is 24.3 Å². The number of ether oxygens (including phenoxy) is 2. The zero-order chi connectivity index (χ0) is 15.5. The molecule has 118 valence electrons. The molecule has 1 saturated heterocycles. The van der Waals surface area contributed by atoms with E-state index in [1.54, 1.807) is 0 Å². The summed E-state index contributed by atoms with van der Waals surface area (Å²) in [6.07, 6.45) is -4.24. The summed E-state index contributed by atoms with van der Waals surface area (Å²) in [5.74, 6) is -0.726. The van der Waals surface area contributed by atoms with E-state index in [1.807, 2.05) is 0 Å². The lowest BCUT2D eigenvalue weighted by atomic mass is 10.1. The lowest BCUT2D eigenvalue weighted by Gasteiger charge is -2.15. The van der Waals surface area contributed by atoms with E-state index in [0.717, 1.165) is 12.1 Å². The maximum Gasteiger partial charge on any atom is 0.573 e. The molecule has 1 fully saturated rings. The molecule has 1 aliphatic rings. The fourth-order valence-corrected chi connectivity index (χ4v) is 3.17. The first-order chi connectivity index (χ1) is 9.78. The largest absolute Gasteiger partial charge is 0.573 e. The summed E-state index contributed by atoms with van der Waals surface area (Å²) in [5.41, 5.74) is 0. The van der Waals surface area contributed by atoms with Gasteiger partial charge in [0.1, 0.15) is 10.6 Å². The Morgan fingerprint density at radius 3 is 2.67 bits per heavy atom. The van der Waals surface area contributed by atoms with Crippen molar-refractivity contribution in [2.75, 3.05) is 19.8 Å². The predicted molar refractivity (Wildman–Crippen MR) is 67.2 cm³/mol. The van der Waals surface area contributed by atoms with Crippen molar-refractivity contribution in [2.45, 2.75) is 17.7 Å². The molecule has 1 aromatic carbocycles. The average molecular weight is 325 g/mol. The van der Waals surface area contributed by atoms with Gasteiger partial charge in [-0.05, 0) is 24.5 Å². The van der Waals surface area contributed by atoms with Gasteiger partial charge in [0.25, 0.3) is 0 Å². The number of sulfonamides is 1. The van der Waals surface area contributed by atoms with Crippen molar-refractivity contribution >= 4 is 10.0 Å². The molecule has 0 aromatic heterocycles. The van der Waals surface area contributed by atoms with Gasteiger partial charge in [-0.15, -0.1) is 13.2 Å². The standard InChI is InChI=1S/C12H14F3NO4S/c13-12(14,15)20-10-3-1-2-4-11(10)21(17,18)16-7-9-5-6-19-8-9/h1-4,9,16H,5-8H2. The van der Waals surface area contributed by atoms with E-state index in [9.17, 15) is 21.6 Å². The summed E-state index contributed by atoms with van der Waals surface area (Å²) in [7, 11) is -4.08. The first-order valence-corrected chi connectivity index (χ1v) is 7.68. The predicted octanol–water partition coefficient (Wildman–Crippen LogP) is 1.90. The molecule has 0 radical (unpaired) electrons. The fraction of sp³-hybridized carbons (Fsp3) is 0.500. The third kappa shape index (κ3) is 4.58. The van der Waals surface area contributed by atoms with Crippen LogP contribution in [0.4, 0.5) is 13.2 Å². The molecule has 0 spiro atoms. The van der Waals surface area contributed by atoms with Crippen LogP contribution in [0.25, 0.3) is 0 Å². The molecule has 21 heavy (non-hydrogen) atoms. The van der Waals surface area contributed by atoms with Gasteiger partial charge in [-0.25, -0.2) is 13.1 Å². The second-order valence-electron chi connectivity index (χ2n) is 4.58. The molecule has 1 unspecified atom stereocenters. The molecule has 1 aromatic rings. The highest BCUT2D eigenvalue weighted by Gasteiger charge is 2.34. The fourth-order valence-electron chi connectivity index (χ4n) is 1.93. The normalized spacial score (nSPS) is 19.7. The van der Waals surface area contributed by atoms with Crippen LogP contribution in [-0.2, 0) is 14.8 Å². The molecule has 1 aliphatic heterocycles. The second kappa shape index (κ2) is 6.20. The van der Waals surface area contributed by atoms with Crippen LogP contribution in [0.3, 0.4) is 0 Å². The topological polar surface area (TPSA) is 64.6 Å². The highest BCUT2D eigenvalue weighted by atomic mass is 32.2. The minimum absolute atomic E-state index is 0.0236. The number of hydrogen-bond acceptors (Lipinski definition) is 4. The van der Waals surface area contributed by atoms with Crippen molar-refractivity contribution in [1.29, 1.82) is 0 Å². The van der Waals surface area contributed by atoms with E-state index in [4.69, 9.17) is 4.74 Å². The van der Waals surface area contributed by atoms with Crippen molar-refractivity contribution in [3.63, 3.8) is 0 Å². The Hall–Kier alpha value is -1.32. The number of halogens is 3. The summed E-state index contributed by atoms with van der Waals surface area (Å²) >= 11 is 0. The van der Waals surface area contributed by atoms with Gasteiger partial charge in [0.05, 0.1) is 6.61 Å². The lowest BCUT2D eigenvalue weighted by molar-refractivity contribution is -0.275. The maximum absolute atomic E-state index is 12.3. The van der Waals surface area contributed by atoms with E-state index >= 15 is 0 Å². The Kier molecular flexibility index (Phi) is 4.74. The number of rotatable bonds is 5. The molecule has 0 bridgehead atoms. The SMILES string of the molecule is O=S(=O)(NCC1CCOC1)c1ccccc1OC(F)(F)F. The van der Waals surface area contributed by atoms with Gasteiger partial charge in [-0.1, -0.05) is 12.1 Å². The molecule has 1 atom stereocenters. The number of hydrogen-bond donors (Lipinski definition) is 1. The van der Waals surface area contributed by atoms with Gasteiger partial charge >= 0.3 is 6.36 Å². The summed E-state index contributed by atoms with van der Waals surface area (Å²) in [6.45, 7) is 1.10. The van der Waals surface area contributed by atoms with Crippen molar-refractivity contribution < 1.29 is 31.1 Å². The molecule has 1 N–H and O–H groups in total. The minimum atomic E-state index is -4.95. The van der Waals surface area contributed by atoms with E-state index in [1.165, 1.54) is 12.1 Å². The third-order valence-corrected chi connectivity index (χ3v) is 4.41. The van der Waals surface area contributed by atoms with Crippen LogP contribution in [0.5, 0.6) is 5.75 Å². The summed E-state index contributed by atoms with van der Waals surface area (Å²) in [4.78, 5) is -0.541. The summed E-state index contributed by atoms with van der Waals surface area (Å²) in [5, 5.41) is 0. The Morgan fingerprint density at radius 1 is 1.33 bits per heavy atom. The van der Waals surface area contributed by atoms with E-state index in [2.05, 4.69) is 9.46 Å². The quantitative estimate of drug-likeness (QED) is 0.898. The number of benzene rings is 1. The van der Waals surface area contributed by atoms with Crippen LogP contribution in [0.2, 0.25) is 0 Å². The number of nitrogens with one attached hydrogen (secondary N) is 1. The Balaban J connectivity index is 2.15. The molecule has 0 amide bonds. The van der Waals surface area contributed by atoms with E-state index in [0.29, 0.717) is 19.6 Å². The van der Waals surface area contributed by atoms with Gasteiger partial charge in [0.2, 0.25) is 10.0 Å². The van der Waals surface area contributed by atoms with Gasteiger partial charge in [-0.2, -0.15) is 0 Å². The Labute approximate surface area is 120 Å². The highest BCUT2D eigenvalue weighted by molar-refractivity contribution is 7.89. The smallest absolute Gasteiger partial charge is 0.404 e. The van der Waals surface area contributed by atoms with Crippen LogP contribution in [0, 0.1) is 5.92 Å². The molecule has 2 rings (SSSR count). The van der Waals surface area contributed by atoms with E-state index < -0.39 is 27.0 Å². The zero-order valence-corrected chi connectivity index (χ0v) is 11.7. The van der Waals surface area contributed by atoms with Gasteiger partial charge < -0.3 is 9.47 Å². The average Bonchev–Trinajstić information content (AvgIpc) is 2.88. The molecule has 9 heteroatoms. The van der Waals surface area contributed by atoms with Crippen LogP contribution < -0.4 is 9.46 Å². The molecule has 0 saturated carbocycles. The lowest BCUT2D eigenvalue weighted by Crippen LogP contribution is -2.30. The van der Waals surface area contributed by atoms with Crippen LogP contribution >= 0.6 is 0 Å². The number of alkyl halides is 3. The molecule has 0 aliphatic carbocycles. The highest BCUT2D eigenvalue weighted by Crippen LogP contribution is 2.29. The van der Waals surface area contributed by atoms with Crippen molar-refractivity contribution in [2.24, 2.45) is 5.92 Å². The second-order valence-corrected chi connectivity index (χ2v) is 6.31. The van der Waals surface area contributed by atoms with Crippen molar-refractivity contribution in [3.8, 4) is 5.75 Å². The minimum Gasteiger partial charge on any atom is -0.404 e. The summed E-state index contributed by atoms with van der Waals surface area (Å²) in [6, 6.07) is 4.62. The molecule has 5 nitrogen and oxygen atoms in total. The van der Waals surface area contributed by atoms with Crippen LogP contribution in [-0.4, -0.2) is 34.5 Å². The number of para-hydroxylation sites is 1. The molecular weight excluding hydrogens is 311 g/mol. The van der Waals surface area contributed by atoms with Gasteiger partial charge in [0, 0.05) is 13.2 Å². The first kappa shape index (κ1) is 16.1. The molecular formula is C12H14F3NO4S. The van der Waals surface area contributed by atoms with Gasteiger partial charge in [-0.3, -0.25) is 0 Å². The van der Waals surface area contributed by atoms with E-state index in [-0.39, 0.29) is 12.5 Å². The zero-order valence-electron chi connectivity index (χ0n) is 10.9. The Morgan fingerprint density at radius 2 is 2.05 bits per heavy atom. The third-order valence-electron chi connectivity index (χ3n) is 2.95. The first-order valence-electron chi connectivity index (χ1n) is 6.20. The van der Waals surface area contributed by atoms with Gasteiger partial charge in [0.15, 0.2) is 0 Å². The molecule has 1 heterocycles. The van der Waals surface area contributed by atoms with Crippen LogP contribution in [0.1, 0.15) is 6.42 Å². The summed E-state index contributed by atoms with van der Waals surface area (Å²) < 4.78 is 72.2. The van der Waals surface area contributed by atoms with Crippen molar-refractivity contribution in [1.82, 2.24) is 4.72 Å². The Bertz CT molecular complexity index is 582. The monoisotopic (exact) mass is 325 g/mol. The maximum atomic E-state index is 12.3. The van der Waals surface area contributed by atoms with Crippen LogP contribution in [0.15, 0.2) is 29.2 Å².